The molecule has 4 aromatic rings. The Bertz CT molecular complexity index is 1240. The first-order chi connectivity index (χ1) is 14.5. The van der Waals surface area contributed by atoms with Crippen molar-refractivity contribution in [1.29, 1.82) is 0 Å². The summed E-state index contributed by atoms with van der Waals surface area (Å²) in [6.45, 7) is 0. The highest BCUT2D eigenvalue weighted by Gasteiger charge is 2.25. The number of pyridine rings is 1. The Labute approximate surface area is 174 Å². The van der Waals surface area contributed by atoms with Crippen molar-refractivity contribution in [3.8, 4) is 33.9 Å². The van der Waals surface area contributed by atoms with Gasteiger partial charge in [-0.15, -0.1) is 0 Å². The van der Waals surface area contributed by atoms with Gasteiger partial charge in [-0.3, -0.25) is 9.19 Å². The lowest BCUT2D eigenvalue weighted by atomic mass is 10.1. The van der Waals surface area contributed by atoms with Crippen molar-refractivity contribution in [2.24, 2.45) is 0 Å². The van der Waals surface area contributed by atoms with Crippen molar-refractivity contribution in [3.05, 3.63) is 78.9 Å². The molecule has 150 valence electrons. The number of carboxylic acid groups (broad SMARTS) is 1. The van der Waals surface area contributed by atoms with Gasteiger partial charge in [0.05, 0.1) is 11.4 Å². The number of aromatic nitrogens is 3. The average molecular weight is 421 g/mol. The summed E-state index contributed by atoms with van der Waals surface area (Å²) in [7, 11) is -1.15. The zero-order chi connectivity index (χ0) is 21.3. The Kier molecular flexibility index (Phi) is 5.24. The van der Waals surface area contributed by atoms with Gasteiger partial charge in [0.2, 0.25) is 0 Å². The molecule has 2 aromatic carbocycles. The quantitative estimate of drug-likeness (QED) is 0.517. The zero-order valence-corrected chi connectivity index (χ0v) is 16.6. The fourth-order valence-corrected chi connectivity index (χ4v) is 3.70. The molecular formula is C22H16FN3O3S. The van der Waals surface area contributed by atoms with Crippen LogP contribution in [0, 0.1) is 5.82 Å². The summed E-state index contributed by atoms with van der Waals surface area (Å²) >= 11 is 0. The molecule has 4 rings (SSSR count). The molecule has 0 spiro atoms. The first kappa shape index (κ1) is 19.7. The van der Waals surface area contributed by atoms with E-state index < -0.39 is 22.7 Å². The molecule has 6 nitrogen and oxygen atoms in total. The first-order valence-corrected chi connectivity index (χ1v) is 10.5. The maximum atomic E-state index is 13.5. The predicted molar refractivity (Wildman–Crippen MR) is 112 cm³/mol. The number of hydrogen-bond acceptors (Lipinski definition) is 4. The minimum atomic E-state index is -1.22. The van der Waals surface area contributed by atoms with E-state index in [2.05, 4.69) is 9.97 Å². The highest BCUT2D eigenvalue weighted by molar-refractivity contribution is 7.84. The number of hydrogen-bond donors (Lipinski definition) is 1. The molecule has 1 atom stereocenters. The van der Waals surface area contributed by atoms with Crippen LogP contribution in [0.4, 0.5) is 9.18 Å². The van der Waals surface area contributed by atoms with Gasteiger partial charge in [-0.1, -0.05) is 12.1 Å². The topological polar surface area (TPSA) is 85.1 Å². The number of benzene rings is 2. The smallest absolute Gasteiger partial charge is 0.417 e. The van der Waals surface area contributed by atoms with Gasteiger partial charge in [-0.2, -0.15) is 0 Å². The second-order valence-electron chi connectivity index (χ2n) is 6.47. The maximum Gasteiger partial charge on any atom is 0.417 e. The summed E-state index contributed by atoms with van der Waals surface area (Å²) in [5.41, 5.74) is 2.50. The van der Waals surface area contributed by atoms with Crippen molar-refractivity contribution in [2.45, 2.75) is 4.90 Å². The Morgan fingerprint density at radius 1 is 0.933 bits per heavy atom. The Hall–Kier alpha value is -3.65. The lowest BCUT2D eigenvalue weighted by molar-refractivity contribution is 0.197. The van der Waals surface area contributed by atoms with Crippen LogP contribution in [0.1, 0.15) is 0 Å². The normalized spacial score (nSPS) is 11.9. The largest absolute Gasteiger partial charge is 0.464 e. The highest BCUT2D eigenvalue weighted by atomic mass is 32.2. The van der Waals surface area contributed by atoms with E-state index in [-0.39, 0.29) is 5.82 Å². The van der Waals surface area contributed by atoms with E-state index >= 15 is 0 Å². The van der Waals surface area contributed by atoms with Crippen LogP contribution in [0.25, 0.3) is 33.9 Å². The lowest BCUT2D eigenvalue weighted by Gasteiger charge is -2.09. The van der Waals surface area contributed by atoms with Crippen LogP contribution in [0.2, 0.25) is 0 Å². The van der Waals surface area contributed by atoms with Crippen molar-refractivity contribution in [3.63, 3.8) is 0 Å². The summed E-state index contributed by atoms with van der Waals surface area (Å²) in [4.78, 5) is 21.5. The van der Waals surface area contributed by atoms with E-state index in [1.807, 2.05) is 0 Å². The molecule has 1 N–H and O–H groups in total. The molecule has 0 amide bonds. The van der Waals surface area contributed by atoms with Crippen LogP contribution in [-0.2, 0) is 10.8 Å². The van der Waals surface area contributed by atoms with E-state index in [4.69, 9.17) is 0 Å². The van der Waals surface area contributed by atoms with Gasteiger partial charge < -0.3 is 5.11 Å². The molecule has 0 bridgehead atoms. The molecule has 30 heavy (non-hydrogen) atoms. The van der Waals surface area contributed by atoms with E-state index in [1.165, 1.54) is 24.3 Å². The number of halogens is 1. The van der Waals surface area contributed by atoms with Gasteiger partial charge in [0, 0.05) is 51.0 Å². The van der Waals surface area contributed by atoms with Gasteiger partial charge in [0.25, 0.3) is 0 Å². The number of imidazole rings is 1. The summed E-state index contributed by atoms with van der Waals surface area (Å²) < 4.78 is 26.3. The lowest BCUT2D eigenvalue weighted by Crippen LogP contribution is -2.11. The molecule has 2 heterocycles. The van der Waals surface area contributed by atoms with Crippen LogP contribution >= 0.6 is 0 Å². The minimum absolute atomic E-state index is 0.210. The molecular weight excluding hydrogens is 405 g/mol. The van der Waals surface area contributed by atoms with Crippen molar-refractivity contribution >= 4 is 16.9 Å². The second kappa shape index (κ2) is 8.00. The second-order valence-corrected chi connectivity index (χ2v) is 7.85. The summed E-state index contributed by atoms with van der Waals surface area (Å²) in [6.07, 6.45) is 3.53. The van der Waals surface area contributed by atoms with E-state index in [0.717, 1.165) is 4.57 Å². The maximum absolute atomic E-state index is 13.5. The van der Waals surface area contributed by atoms with Crippen LogP contribution in [0.15, 0.2) is 78.0 Å². The SMILES string of the molecule is CS(=O)c1ccc(-c2nc(-c3ccncc3)c(-c3ccc(F)cc3)n2C(=O)O)cc1. The van der Waals surface area contributed by atoms with Gasteiger partial charge >= 0.3 is 6.09 Å². The van der Waals surface area contributed by atoms with Crippen LogP contribution < -0.4 is 0 Å². The molecule has 0 fully saturated rings. The van der Waals surface area contributed by atoms with Crippen LogP contribution in [-0.4, -0.2) is 36.2 Å². The van der Waals surface area contributed by atoms with E-state index in [0.29, 0.717) is 33.0 Å². The molecule has 0 aliphatic rings. The Balaban J connectivity index is 2.00. The highest BCUT2D eigenvalue weighted by Crippen LogP contribution is 2.36. The van der Waals surface area contributed by atoms with E-state index in [9.17, 15) is 18.5 Å². The number of nitrogens with zero attached hydrogens (tertiary/aromatic N) is 3. The number of carbonyl (C=O) groups is 1. The van der Waals surface area contributed by atoms with Crippen LogP contribution in [0.5, 0.6) is 0 Å². The minimum Gasteiger partial charge on any atom is -0.464 e. The standard InChI is InChI=1S/C22H16FN3O3S/c1-30(29)18-8-4-16(5-9-18)21-25-19(14-10-12-24-13-11-14)20(26(21)22(27)28)15-2-6-17(23)7-3-15/h2-13H,1H3,(H,27,28). The monoisotopic (exact) mass is 421 g/mol. The van der Waals surface area contributed by atoms with Gasteiger partial charge in [-0.05, 0) is 48.5 Å². The zero-order valence-electron chi connectivity index (χ0n) is 15.8. The molecule has 0 aliphatic carbocycles. The predicted octanol–water partition coefficient (Wildman–Crippen LogP) is 4.68. The van der Waals surface area contributed by atoms with Gasteiger partial charge in [0.1, 0.15) is 5.82 Å². The fraction of sp³-hybridized carbons (Fsp3) is 0.0455. The molecule has 1 unspecified atom stereocenters. The molecule has 0 radical (unpaired) electrons. The van der Waals surface area contributed by atoms with E-state index in [1.54, 1.807) is 55.0 Å². The molecule has 8 heteroatoms. The van der Waals surface area contributed by atoms with Gasteiger partial charge in [-0.25, -0.2) is 18.7 Å². The third-order valence-corrected chi connectivity index (χ3v) is 5.52. The Morgan fingerprint density at radius 3 is 2.10 bits per heavy atom. The number of rotatable bonds is 4. The third kappa shape index (κ3) is 3.65. The van der Waals surface area contributed by atoms with Crippen molar-refractivity contribution in [1.82, 2.24) is 14.5 Å². The van der Waals surface area contributed by atoms with Crippen molar-refractivity contribution < 1.29 is 18.5 Å². The molecule has 0 saturated heterocycles. The third-order valence-electron chi connectivity index (χ3n) is 4.58. The van der Waals surface area contributed by atoms with Crippen LogP contribution in [0.3, 0.4) is 0 Å². The molecule has 0 saturated carbocycles. The molecule has 0 aliphatic heterocycles. The summed E-state index contributed by atoms with van der Waals surface area (Å²) in [6, 6.07) is 15.8. The Morgan fingerprint density at radius 2 is 1.53 bits per heavy atom. The first-order valence-electron chi connectivity index (χ1n) is 8.92. The summed E-state index contributed by atoms with van der Waals surface area (Å²) in [5, 5.41) is 10.0. The molecule has 2 aromatic heterocycles. The van der Waals surface area contributed by atoms with Crippen molar-refractivity contribution in [2.75, 3.05) is 6.26 Å². The fourth-order valence-electron chi connectivity index (χ4n) is 3.18. The average Bonchev–Trinajstić information content (AvgIpc) is 3.16. The van der Waals surface area contributed by atoms with Gasteiger partial charge in [0.15, 0.2) is 5.82 Å². The summed E-state index contributed by atoms with van der Waals surface area (Å²) in [5.74, 6) is -0.212.